The molecule has 1 saturated heterocycles. The van der Waals surface area contributed by atoms with E-state index in [-0.39, 0.29) is 33.7 Å². The van der Waals surface area contributed by atoms with E-state index in [1.165, 1.54) is 33.4 Å². The summed E-state index contributed by atoms with van der Waals surface area (Å²) in [6.07, 6.45) is 3.74. The van der Waals surface area contributed by atoms with Crippen molar-refractivity contribution < 1.29 is 10.2 Å². The third-order valence-corrected chi connectivity index (χ3v) is 9.99. The molecular formula is C44H63N3O2. The van der Waals surface area contributed by atoms with Gasteiger partial charge in [0.1, 0.15) is 11.5 Å². The van der Waals surface area contributed by atoms with Crippen LogP contribution in [0.5, 0.6) is 11.5 Å². The van der Waals surface area contributed by atoms with Gasteiger partial charge in [-0.3, -0.25) is 14.9 Å². The number of rotatable bonds is 6. The molecule has 1 fully saturated rings. The lowest BCUT2D eigenvalue weighted by atomic mass is 9.79. The van der Waals surface area contributed by atoms with Crippen molar-refractivity contribution in [3.05, 3.63) is 92.0 Å². The summed E-state index contributed by atoms with van der Waals surface area (Å²) in [5, 5.41) is 23.0. The largest absolute Gasteiger partial charge is 0.507 e. The first-order chi connectivity index (χ1) is 22.4. The molecule has 5 nitrogen and oxygen atoms in total. The highest BCUT2D eigenvalue weighted by atomic mass is 16.3. The molecule has 2 atom stereocenters. The maximum absolute atomic E-state index is 11.5. The molecule has 0 amide bonds. The van der Waals surface area contributed by atoms with E-state index in [2.05, 4.69) is 145 Å². The Balaban J connectivity index is 1.79. The highest BCUT2D eigenvalue weighted by Crippen LogP contribution is 2.39. The molecule has 0 saturated carbocycles. The van der Waals surface area contributed by atoms with Crippen molar-refractivity contribution in [2.45, 2.75) is 144 Å². The zero-order valence-corrected chi connectivity index (χ0v) is 33.1. The van der Waals surface area contributed by atoms with Crippen LogP contribution >= 0.6 is 0 Å². The predicted octanol–water partition coefficient (Wildman–Crippen LogP) is 10.0. The van der Waals surface area contributed by atoms with Crippen molar-refractivity contribution in [1.82, 2.24) is 4.90 Å². The van der Waals surface area contributed by atoms with Gasteiger partial charge in [0.2, 0.25) is 0 Å². The molecule has 5 heteroatoms. The second-order valence-electron chi connectivity index (χ2n) is 18.7. The van der Waals surface area contributed by atoms with Gasteiger partial charge < -0.3 is 10.2 Å². The number of aromatic hydroxyl groups is 2. The van der Waals surface area contributed by atoms with Crippen LogP contribution in [0.4, 0.5) is 0 Å². The Kier molecular flexibility index (Phi) is 10.7. The molecule has 1 heterocycles. The minimum absolute atomic E-state index is 0.0768. The van der Waals surface area contributed by atoms with Crippen molar-refractivity contribution in [2.24, 2.45) is 9.98 Å². The molecular weight excluding hydrogens is 603 g/mol. The SMILES string of the molecule is Cc1cc(C)c(CN2C[C@@H](N=Cc3cc(C(C)(C)C)cc(C(C)(C)C)c3O)[C@H](N=Cc3cc(C(C)(C)C)cc(C(C)(C)C)c3O)C2)c(C)c1. The number of likely N-dealkylation sites (tertiary alicyclic amines) is 1. The average molecular weight is 666 g/mol. The van der Waals surface area contributed by atoms with Crippen LogP contribution < -0.4 is 0 Å². The van der Waals surface area contributed by atoms with Crippen molar-refractivity contribution in [3.8, 4) is 11.5 Å². The van der Waals surface area contributed by atoms with Crippen LogP contribution in [0.25, 0.3) is 0 Å². The standard InChI is InChI=1S/C44H63N3O2/c1-27-16-28(2)34(29(3)17-27)24-47-25-37(45-22-30-18-32(41(4,5)6)20-35(39(30)48)43(10,11)12)38(26-47)46-23-31-19-33(42(7,8)9)21-36(40(31)49)44(13,14)15/h16-23,37-38,48-49H,24-26H2,1-15H3/t37-,38-/m1/s1. The van der Waals surface area contributed by atoms with Gasteiger partial charge in [-0.25, -0.2) is 0 Å². The van der Waals surface area contributed by atoms with Crippen LogP contribution in [-0.2, 0) is 28.2 Å². The van der Waals surface area contributed by atoms with Crippen molar-refractivity contribution in [2.75, 3.05) is 13.1 Å². The van der Waals surface area contributed by atoms with Gasteiger partial charge in [-0.2, -0.15) is 0 Å². The van der Waals surface area contributed by atoms with Gasteiger partial charge in [-0.1, -0.05) is 113 Å². The molecule has 4 rings (SSSR count). The van der Waals surface area contributed by atoms with Gasteiger partial charge in [-0.15, -0.1) is 0 Å². The Morgan fingerprint density at radius 3 is 1.29 bits per heavy atom. The number of aryl methyl sites for hydroxylation is 3. The van der Waals surface area contributed by atoms with Gasteiger partial charge in [0.25, 0.3) is 0 Å². The van der Waals surface area contributed by atoms with Crippen LogP contribution in [0.3, 0.4) is 0 Å². The lowest BCUT2D eigenvalue weighted by molar-refractivity contribution is 0.323. The van der Waals surface area contributed by atoms with Gasteiger partial charge in [-0.05, 0) is 82.4 Å². The zero-order valence-electron chi connectivity index (χ0n) is 33.1. The highest BCUT2D eigenvalue weighted by molar-refractivity contribution is 5.86. The van der Waals surface area contributed by atoms with E-state index in [4.69, 9.17) is 9.98 Å². The zero-order chi connectivity index (χ0) is 36.9. The van der Waals surface area contributed by atoms with E-state index in [0.29, 0.717) is 11.5 Å². The summed E-state index contributed by atoms with van der Waals surface area (Å²) in [6, 6.07) is 12.8. The summed E-state index contributed by atoms with van der Waals surface area (Å²) in [7, 11) is 0. The minimum Gasteiger partial charge on any atom is -0.507 e. The number of hydrogen-bond donors (Lipinski definition) is 2. The molecule has 0 unspecified atom stereocenters. The summed E-state index contributed by atoms with van der Waals surface area (Å²) in [5.74, 6) is 0.590. The monoisotopic (exact) mass is 665 g/mol. The number of benzene rings is 3. The number of phenolic OH excluding ortho intramolecular Hbond substituents is 2. The second-order valence-corrected chi connectivity index (χ2v) is 18.7. The molecule has 1 aliphatic heterocycles. The Morgan fingerprint density at radius 2 is 0.959 bits per heavy atom. The van der Waals surface area contributed by atoms with Crippen molar-refractivity contribution in [3.63, 3.8) is 0 Å². The fourth-order valence-electron chi connectivity index (χ4n) is 6.82. The summed E-state index contributed by atoms with van der Waals surface area (Å²) in [4.78, 5) is 12.8. The third-order valence-electron chi connectivity index (χ3n) is 9.99. The summed E-state index contributed by atoms with van der Waals surface area (Å²) in [5.41, 5.74) is 10.4. The Labute approximate surface area is 297 Å². The van der Waals surface area contributed by atoms with E-state index in [1.807, 2.05) is 12.4 Å². The lowest BCUT2D eigenvalue weighted by Gasteiger charge is -2.27. The molecule has 49 heavy (non-hydrogen) atoms. The van der Waals surface area contributed by atoms with E-state index in [9.17, 15) is 10.2 Å². The van der Waals surface area contributed by atoms with E-state index in [0.717, 1.165) is 41.9 Å². The molecule has 3 aromatic carbocycles. The number of nitrogens with zero attached hydrogens (tertiary/aromatic N) is 3. The fourth-order valence-corrected chi connectivity index (χ4v) is 6.82. The molecule has 266 valence electrons. The van der Waals surface area contributed by atoms with E-state index in [1.54, 1.807) is 0 Å². The van der Waals surface area contributed by atoms with E-state index < -0.39 is 0 Å². The lowest BCUT2D eigenvalue weighted by Crippen LogP contribution is -2.22. The summed E-state index contributed by atoms with van der Waals surface area (Å²) < 4.78 is 0. The highest BCUT2D eigenvalue weighted by Gasteiger charge is 2.33. The Morgan fingerprint density at radius 1 is 0.592 bits per heavy atom. The second kappa shape index (κ2) is 13.7. The first kappa shape index (κ1) is 38.4. The maximum atomic E-state index is 11.5. The quantitative estimate of drug-likeness (QED) is 0.258. The molecule has 3 aromatic rings. The van der Waals surface area contributed by atoms with Crippen LogP contribution in [-0.4, -0.2) is 52.7 Å². The normalized spacial score (nSPS) is 18.3. The average Bonchev–Trinajstić information content (AvgIpc) is 3.32. The first-order valence-electron chi connectivity index (χ1n) is 18.0. The fraction of sp³-hybridized carbons (Fsp3) is 0.545. The van der Waals surface area contributed by atoms with Crippen LogP contribution in [0.15, 0.2) is 46.4 Å². The van der Waals surface area contributed by atoms with Gasteiger partial charge in [0, 0.05) is 54.3 Å². The molecule has 0 spiro atoms. The van der Waals surface area contributed by atoms with Gasteiger partial charge in [0.05, 0.1) is 12.1 Å². The van der Waals surface area contributed by atoms with Crippen LogP contribution in [0.1, 0.15) is 139 Å². The molecule has 0 radical (unpaired) electrons. The van der Waals surface area contributed by atoms with Crippen molar-refractivity contribution in [1.29, 1.82) is 0 Å². The van der Waals surface area contributed by atoms with Gasteiger partial charge in [0.15, 0.2) is 0 Å². The van der Waals surface area contributed by atoms with Crippen LogP contribution in [0.2, 0.25) is 0 Å². The van der Waals surface area contributed by atoms with Crippen LogP contribution in [0, 0.1) is 20.8 Å². The summed E-state index contributed by atoms with van der Waals surface area (Å²) in [6.45, 7) is 34.9. The molecule has 0 aliphatic carbocycles. The molecule has 1 aliphatic rings. The smallest absolute Gasteiger partial charge is 0.128 e. The Hall–Kier alpha value is -3.44. The first-order valence-corrected chi connectivity index (χ1v) is 18.0. The minimum atomic E-state index is -0.218. The summed E-state index contributed by atoms with van der Waals surface area (Å²) >= 11 is 0. The van der Waals surface area contributed by atoms with Gasteiger partial charge >= 0.3 is 0 Å². The van der Waals surface area contributed by atoms with E-state index >= 15 is 0 Å². The number of aliphatic imine (C=N–C) groups is 2. The number of phenols is 2. The third kappa shape index (κ3) is 9.03. The molecule has 0 bridgehead atoms. The molecule has 2 N–H and O–H groups in total. The Bertz CT molecular complexity index is 1610. The predicted molar refractivity (Wildman–Crippen MR) is 210 cm³/mol. The van der Waals surface area contributed by atoms with Crippen molar-refractivity contribution >= 4 is 12.4 Å². The number of hydrogen-bond acceptors (Lipinski definition) is 5. The maximum Gasteiger partial charge on any atom is 0.128 e. The molecule has 0 aromatic heterocycles. The topological polar surface area (TPSA) is 68.4 Å².